The maximum Gasteiger partial charge on any atom is 0.260 e. The number of nitroso groups, excluding NO2 is 1. The normalized spacial score (nSPS) is 19.1. The average molecular weight is 204 g/mol. The Morgan fingerprint density at radius 1 is 1.40 bits per heavy atom. The summed E-state index contributed by atoms with van der Waals surface area (Å²) in [5.41, 5.74) is 1.56. The second kappa shape index (κ2) is 3.81. The monoisotopic (exact) mass is 204 g/mol. The van der Waals surface area contributed by atoms with Crippen LogP contribution in [0.15, 0.2) is 29.4 Å². The Morgan fingerprint density at radius 3 is 2.80 bits per heavy atom. The maximum atomic E-state index is 11.8. The summed E-state index contributed by atoms with van der Waals surface area (Å²) in [4.78, 5) is 24.1. The molecule has 1 atom stereocenters. The Labute approximate surface area is 87.9 Å². The molecule has 0 saturated heterocycles. The van der Waals surface area contributed by atoms with Crippen LogP contribution in [0.5, 0.6) is 0 Å². The molecule has 0 fully saturated rings. The van der Waals surface area contributed by atoms with E-state index in [9.17, 15) is 9.70 Å². The van der Waals surface area contributed by atoms with E-state index >= 15 is 0 Å². The van der Waals surface area contributed by atoms with Crippen molar-refractivity contribution in [2.75, 3.05) is 11.4 Å². The Morgan fingerprint density at radius 2 is 2.13 bits per heavy atom. The zero-order valence-electron chi connectivity index (χ0n) is 8.51. The molecule has 0 radical (unpaired) electrons. The summed E-state index contributed by atoms with van der Waals surface area (Å²) in [6.45, 7) is 2.64. The van der Waals surface area contributed by atoms with Gasteiger partial charge in [0.25, 0.3) is 5.91 Å². The fraction of sp³-hybridized carbons (Fsp3) is 0.364. The van der Waals surface area contributed by atoms with E-state index in [4.69, 9.17) is 0 Å². The highest BCUT2D eigenvalue weighted by Crippen LogP contribution is 2.37. The van der Waals surface area contributed by atoms with Crippen molar-refractivity contribution < 1.29 is 4.79 Å². The van der Waals surface area contributed by atoms with Gasteiger partial charge in [0.05, 0.1) is 0 Å². The highest BCUT2D eigenvalue weighted by atomic mass is 16.3. The molecule has 0 aromatic heterocycles. The number of para-hydroxylation sites is 1. The van der Waals surface area contributed by atoms with E-state index in [-0.39, 0.29) is 5.91 Å². The van der Waals surface area contributed by atoms with E-state index in [1.807, 2.05) is 25.1 Å². The van der Waals surface area contributed by atoms with Crippen molar-refractivity contribution in [3.05, 3.63) is 34.7 Å². The van der Waals surface area contributed by atoms with Crippen molar-refractivity contribution in [2.45, 2.75) is 19.4 Å². The first-order valence-corrected chi connectivity index (χ1v) is 5.02. The topological polar surface area (TPSA) is 49.7 Å². The van der Waals surface area contributed by atoms with Crippen LogP contribution in [0.25, 0.3) is 0 Å². The number of rotatable bonds is 3. The molecule has 4 heteroatoms. The third-order valence-electron chi connectivity index (χ3n) is 2.57. The number of nitrogens with zero attached hydrogens (tertiary/aromatic N) is 2. The van der Waals surface area contributed by atoms with Crippen molar-refractivity contribution in [2.24, 2.45) is 5.18 Å². The number of benzene rings is 1. The third kappa shape index (κ3) is 1.42. The number of carbonyl (C=O) groups excluding carboxylic acids is 1. The van der Waals surface area contributed by atoms with E-state index in [0.29, 0.717) is 6.54 Å². The molecule has 1 aromatic rings. The molecule has 1 aromatic carbocycles. The van der Waals surface area contributed by atoms with Gasteiger partial charge < -0.3 is 4.90 Å². The SMILES string of the molecule is CCCN1C(=O)C(N=O)c2ccccc21. The van der Waals surface area contributed by atoms with Gasteiger partial charge in [0.2, 0.25) is 0 Å². The molecule has 2 rings (SSSR count). The van der Waals surface area contributed by atoms with E-state index in [1.165, 1.54) is 0 Å². The Bertz CT molecular complexity index is 403. The standard InChI is InChI=1S/C11H12N2O2/c1-2-7-13-9-6-4-3-5-8(9)10(12-15)11(13)14/h3-6,10H,2,7H2,1H3. The van der Waals surface area contributed by atoms with E-state index < -0.39 is 6.04 Å². The molecule has 0 N–H and O–H groups in total. The fourth-order valence-corrected chi connectivity index (χ4v) is 1.92. The van der Waals surface area contributed by atoms with Gasteiger partial charge in [0.15, 0.2) is 6.04 Å². The molecule has 1 unspecified atom stereocenters. The minimum absolute atomic E-state index is 0.201. The molecule has 78 valence electrons. The molecule has 1 aliphatic heterocycles. The minimum atomic E-state index is -0.840. The highest BCUT2D eigenvalue weighted by Gasteiger charge is 2.37. The summed E-state index contributed by atoms with van der Waals surface area (Å²) < 4.78 is 0. The predicted molar refractivity (Wildman–Crippen MR) is 57.6 cm³/mol. The first kappa shape index (κ1) is 9.83. The summed E-state index contributed by atoms with van der Waals surface area (Å²) in [7, 11) is 0. The van der Waals surface area contributed by atoms with Gasteiger partial charge in [-0.1, -0.05) is 30.3 Å². The summed E-state index contributed by atoms with van der Waals surface area (Å²) in [5, 5.41) is 2.90. The molecule has 0 bridgehead atoms. The summed E-state index contributed by atoms with van der Waals surface area (Å²) in [6.07, 6.45) is 0.867. The second-order valence-corrected chi connectivity index (χ2v) is 3.56. The van der Waals surface area contributed by atoms with Gasteiger partial charge in [-0.3, -0.25) is 4.79 Å². The summed E-state index contributed by atoms with van der Waals surface area (Å²) in [6, 6.07) is 6.48. The summed E-state index contributed by atoms with van der Waals surface area (Å²) in [5.74, 6) is -0.201. The van der Waals surface area contributed by atoms with Crippen molar-refractivity contribution >= 4 is 11.6 Å². The van der Waals surface area contributed by atoms with Gasteiger partial charge in [0.1, 0.15) is 0 Å². The number of hydrogen-bond acceptors (Lipinski definition) is 3. The summed E-state index contributed by atoms with van der Waals surface area (Å²) >= 11 is 0. The van der Waals surface area contributed by atoms with Crippen LogP contribution in [0, 0.1) is 4.91 Å². The van der Waals surface area contributed by atoms with Gasteiger partial charge in [-0.05, 0) is 12.5 Å². The first-order valence-electron chi connectivity index (χ1n) is 5.02. The number of amides is 1. The van der Waals surface area contributed by atoms with Crippen LogP contribution < -0.4 is 4.90 Å². The van der Waals surface area contributed by atoms with Gasteiger partial charge in [-0.25, -0.2) is 0 Å². The molecule has 0 spiro atoms. The van der Waals surface area contributed by atoms with Gasteiger partial charge in [-0.15, -0.1) is 4.91 Å². The largest absolute Gasteiger partial charge is 0.310 e. The van der Waals surface area contributed by atoms with E-state index in [2.05, 4.69) is 5.18 Å². The molecule has 0 aliphatic carbocycles. The highest BCUT2D eigenvalue weighted by molar-refractivity contribution is 6.04. The smallest absolute Gasteiger partial charge is 0.260 e. The van der Waals surface area contributed by atoms with Crippen LogP contribution in [0.4, 0.5) is 5.69 Å². The number of carbonyl (C=O) groups is 1. The molecule has 1 aliphatic rings. The fourth-order valence-electron chi connectivity index (χ4n) is 1.92. The van der Waals surface area contributed by atoms with Gasteiger partial charge in [0, 0.05) is 17.8 Å². The zero-order valence-corrected chi connectivity index (χ0v) is 8.51. The Balaban J connectivity index is 2.46. The molecule has 15 heavy (non-hydrogen) atoms. The van der Waals surface area contributed by atoms with Crippen LogP contribution in [-0.4, -0.2) is 12.5 Å². The quantitative estimate of drug-likeness (QED) is 0.709. The zero-order chi connectivity index (χ0) is 10.8. The van der Waals surface area contributed by atoms with Crippen molar-refractivity contribution in [3.8, 4) is 0 Å². The lowest BCUT2D eigenvalue weighted by Gasteiger charge is -2.15. The lowest BCUT2D eigenvalue weighted by Crippen LogP contribution is -2.28. The Kier molecular flexibility index (Phi) is 2.49. The molecule has 0 saturated carbocycles. The molecule has 4 nitrogen and oxygen atoms in total. The molecular formula is C11H12N2O2. The van der Waals surface area contributed by atoms with Crippen LogP contribution >= 0.6 is 0 Å². The van der Waals surface area contributed by atoms with E-state index in [0.717, 1.165) is 17.7 Å². The van der Waals surface area contributed by atoms with Crippen molar-refractivity contribution in [3.63, 3.8) is 0 Å². The number of anilines is 1. The molecule has 1 heterocycles. The van der Waals surface area contributed by atoms with Crippen molar-refractivity contribution in [1.29, 1.82) is 0 Å². The van der Waals surface area contributed by atoms with Crippen LogP contribution in [-0.2, 0) is 4.79 Å². The molecular weight excluding hydrogens is 192 g/mol. The van der Waals surface area contributed by atoms with E-state index in [1.54, 1.807) is 11.0 Å². The number of hydrogen-bond donors (Lipinski definition) is 0. The Hall–Kier alpha value is -1.71. The third-order valence-corrected chi connectivity index (χ3v) is 2.57. The average Bonchev–Trinajstić information content (AvgIpc) is 2.53. The number of fused-ring (bicyclic) bond motifs is 1. The molecule has 1 amide bonds. The second-order valence-electron chi connectivity index (χ2n) is 3.56. The minimum Gasteiger partial charge on any atom is -0.310 e. The van der Waals surface area contributed by atoms with Gasteiger partial charge in [-0.2, -0.15) is 0 Å². The predicted octanol–water partition coefficient (Wildman–Crippen LogP) is 2.25. The van der Waals surface area contributed by atoms with Crippen molar-refractivity contribution in [1.82, 2.24) is 0 Å². The van der Waals surface area contributed by atoms with Crippen LogP contribution in [0.2, 0.25) is 0 Å². The maximum absolute atomic E-state index is 11.8. The lowest BCUT2D eigenvalue weighted by atomic mass is 10.1. The first-order chi connectivity index (χ1) is 7.29. The van der Waals surface area contributed by atoms with Gasteiger partial charge >= 0.3 is 0 Å². The van der Waals surface area contributed by atoms with Crippen LogP contribution in [0.3, 0.4) is 0 Å². The lowest BCUT2D eigenvalue weighted by molar-refractivity contribution is -0.119. The van der Waals surface area contributed by atoms with Crippen LogP contribution in [0.1, 0.15) is 24.9 Å².